The van der Waals surface area contributed by atoms with Crippen LogP contribution in [0.4, 0.5) is 0 Å². The highest BCUT2D eigenvalue weighted by atomic mass is 79.9. The van der Waals surface area contributed by atoms with Gasteiger partial charge in [-0.1, -0.05) is 41.7 Å². The van der Waals surface area contributed by atoms with Crippen molar-refractivity contribution >= 4 is 50.1 Å². The van der Waals surface area contributed by atoms with Crippen LogP contribution in [-0.2, 0) is 9.53 Å². The Labute approximate surface area is 212 Å². The van der Waals surface area contributed by atoms with Crippen molar-refractivity contribution in [1.29, 1.82) is 0 Å². The van der Waals surface area contributed by atoms with Crippen molar-refractivity contribution in [2.75, 3.05) is 13.7 Å². The van der Waals surface area contributed by atoms with E-state index in [1.54, 1.807) is 43.7 Å². The monoisotopic (exact) mass is 552 g/mol. The Morgan fingerprint density at radius 3 is 2.74 bits per heavy atom. The molecule has 0 bridgehead atoms. The molecule has 1 aliphatic rings. The Bertz CT molecular complexity index is 1680. The number of hydrogen-bond acceptors (Lipinski definition) is 7. The first-order valence-electron chi connectivity index (χ1n) is 10.9. The number of ether oxygens (including phenoxy) is 2. The zero-order valence-corrected chi connectivity index (χ0v) is 21.6. The molecule has 7 nitrogen and oxygen atoms in total. The molecule has 0 radical (unpaired) electrons. The van der Waals surface area contributed by atoms with E-state index >= 15 is 0 Å². The number of allylic oxidation sites excluding steroid dienone is 1. The van der Waals surface area contributed by atoms with Crippen LogP contribution in [0, 0.1) is 0 Å². The highest BCUT2D eigenvalue weighted by Crippen LogP contribution is 2.40. The molecular formula is C26H21BrN2O5S. The summed E-state index contributed by atoms with van der Waals surface area (Å²) in [5.41, 5.74) is 1.23. The SMILES string of the molecule is CCOC(=O)C1=C(C)N=c2s/c(=C/c3ccc(Br)o3)c(=O)n2[C@@H]1c1c(OC)ccc2ccccc12. The molecule has 0 N–H and O–H groups in total. The second-order valence-corrected chi connectivity index (χ2v) is 9.64. The van der Waals surface area contributed by atoms with Crippen LogP contribution in [0.2, 0.25) is 0 Å². The number of rotatable bonds is 5. The number of halogens is 1. The second kappa shape index (κ2) is 9.31. The molecule has 9 heteroatoms. The van der Waals surface area contributed by atoms with Crippen molar-refractivity contribution in [2.24, 2.45) is 4.99 Å². The van der Waals surface area contributed by atoms with Gasteiger partial charge in [0, 0.05) is 11.6 Å². The van der Waals surface area contributed by atoms with Crippen molar-refractivity contribution in [1.82, 2.24) is 4.57 Å². The number of aromatic nitrogens is 1. The molecule has 1 atom stereocenters. The molecule has 0 saturated carbocycles. The fourth-order valence-electron chi connectivity index (χ4n) is 4.34. The average molecular weight is 553 g/mol. The van der Waals surface area contributed by atoms with E-state index in [9.17, 15) is 9.59 Å². The van der Waals surface area contributed by atoms with Gasteiger partial charge in [0.05, 0.1) is 29.5 Å². The first-order chi connectivity index (χ1) is 16.9. The number of carbonyl (C=O) groups is 1. The average Bonchev–Trinajstić information content (AvgIpc) is 3.39. The fraction of sp³-hybridized carbons (Fsp3) is 0.192. The summed E-state index contributed by atoms with van der Waals surface area (Å²) in [6.07, 6.45) is 1.68. The van der Waals surface area contributed by atoms with Crippen molar-refractivity contribution in [3.63, 3.8) is 0 Å². The van der Waals surface area contributed by atoms with Crippen LogP contribution in [0.3, 0.4) is 0 Å². The molecular weight excluding hydrogens is 532 g/mol. The van der Waals surface area contributed by atoms with Crippen molar-refractivity contribution in [3.05, 3.63) is 95.5 Å². The number of hydrogen-bond donors (Lipinski definition) is 0. The number of carbonyl (C=O) groups excluding carboxylic acids is 1. The van der Waals surface area contributed by atoms with Crippen molar-refractivity contribution in [3.8, 4) is 5.75 Å². The van der Waals surface area contributed by atoms with Gasteiger partial charge in [-0.15, -0.1) is 0 Å². The van der Waals surface area contributed by atoms with Gasteiger partial charge in [0.15, 0.2) is 9.47 Å². The van der Waals surface area contributed by atoms with Crippen LogP contribution in [0.25, 0.3) is 16.8 Å². The highest BCUT2D eigenvalue weighted by molar-refractivity contribution is 9.10. The van der Waals surface area contributed by atoms with E-state index in [0.29, 0.717) is 42.3 Å². The Morgan fingerprint density at radius 1 is 1.23 bits per heavy atom. The van der Waals surface area contributed by atoms with Gasteiger partial charge in [0.25, 0.3) is 5.56 Å². The van der Waals surface area contributed by atoms with Crippen LogP contribution in [-0.4, -0.2) is 24.3 Å². The summed E-state index contributed by atoms with van der Waals surface area (Å²) in [6, 6.07) is 14.4. The lowest BCUT2D eigenvalue weighted by molar-refractivity contribution is -0.139. The molecule has 0 saturated heterocycles. The summed E-state index contributed by atoms with van der Waals surface area (Å²) in [4.78, 5) is 32.1. The number of thiazole rings is 1. The minimum atomic E-state index is -0.781. The van der Waals surface area contributed by atoms with Crippen LogP contribution in [0.1, 0.15) is 31.2 Å². The fourth-order valence-corrected chi connectivity index (χ4v) is 5.68. The predicted molar refractivity (Wildman–Crippen MR) is 137 cm³/mol. The summed E-state index contributed by atoms with van der Waals surface area (Å²) >= 11 is 4.53. The molecule has 35 heavy (non-hydrogen) atoms. The van der Waals surface area contributed by atoms with E-state index in [0.717, 1.165) is 10.8 Å². The van der Waals surface area contributed by atoms with Gasteiger partial charge >= 0.3 is 5.97 Å². The molecule has 0 aliphatic carbocycles. The Kier molecular flexibility index (Phi) is 6.21. The summed E-state index contributed by atoms with van der Waals surface area (Å²) in [5.74, 6) is 0.579. The summed E-state index contributed by atoms with van der Waals surface area (Å²) in [7, 11) is 1.58. The Balaban J connectivity index is 1.86. The van der Waals surface area contributed by atoms with E-state index in [1.807, 2.05) is 36.4 Å². The van der Waals surface area contributed by atoms with E-state index in [2.05, 4.69) is 20.9 Å². The van der Waals surface area contributed by atoms with E-state index in [4.69, 9.17) is 13.9 Å². The number of methoxy groups -OCH3 is 1. The standard InChI is InChI=1S/C26H21BrN2O5S/c1-4-33-25(31)21-14(2)28-26-29(24(30)19(35-26)13-16-10-12-20(27)34-16)23(21)22-17-8-6-5-7-15(17)9-11-18(22)32-3/h5-13,23H,4H2,1-3H3/b19-13+/t23-/m0/s1. The molecule has 3 heterocycles. The van der Waals surface area contributed by atoms with Crippen LogP contribution < -0.4 is 19.6 Å². The molecule has 1 aliphatic heterocycles. The van der Waals surface area contributed by atoms with Crippen molar-refractivity contribution < 1.29 is 18.7 Å². The normalized spacial score (nSPS) is 15.8. The van der Waals surface area contributed by atoms with E-state index < -0.39 is 12.0 Å². The topological polar surface area (TPSA) is 83.0 Å². The quantitative estimate of drug-likeness (QED) is 0.344. The zero-order valence-electron chi connectivity index (χ0n) is 19.2. The summed E-state index contributed by atoms with van der Waals surface area (Å²) < 4.78 is 19.3. The van der Waals surface area contributed by atoms with Crippen molar-refractivity contribution in [2.45, 2.75) is 19.9 Å². The maximum absolute atomic E-state index is 13.8. The first kappa shape index (κ1) is 23.3. The summed E-state index contributed by atoms with van der Waals surface area (Å²) in [5, 5.41) is 1.83. The number of esters is 1. The maximum atomic E-state index is 13.8. The van der Waals surface area contributed by atoms with Gasteiger partial charge in [-0.2, -0.15) is 0 Å². The number of fused-ring (bicyclic) bond motifs is 2. The lowest BCUT2D eigenvalue weighted by Gasteiger charge is -2.27. The second-order valence-electron chi connectivity index (χ2n) is 7.85. The van der Waals surface area contributed by atoms with Gasteiger partial charge < -0.3 is 13.9 Å². The Morgan fingerprint density at radius 2 is 2.03 bits per heavy atom. The lowest BCUT2D eigenvalue weighted by atomic mass is 9.90. The van der Waals surface area contributed by atoms with Gasteiger partial charge in [0.2, 0.25) is 0 Å². The predicted octanol–water partition coefficient (Wildman–Crippen LogP) is 4.32. The minimum absolute atomic E-state index is 0.201. The molecule has 2 aromatic carbocycles. The molecule has 0 unspecified atom stereocenters. The third kappa shape index (κ3) is 4.04. The van der Waals surface area contributed by atoms with Gasteiger partial charge in [-0.25, -0.2) is 9.79 Å². The molecule has 5 rings (SSSR count). The first-order valence-corrected chi connectivity index (χ1v) is 12.5. The zero-order chi connectivity index (χ0) is 24.7. The van der Waals surface area contributed by atoms with Crippen LogP contribution in [0.15, 0.2) is 78.7 Å². The van der Waals surface area contributed by atoms with E-state index in [-0.39, 0.29) is 12.2 Å². The number of nitrogens with zero attached hydrogens (tertiary/aromatic N) is 2. The summed E-state index contributed by atoms with van der Waals surface area (Å²) in [6.45, 7) is 3.71. The van der Waals surface area contributed by atoms with E-state index in [1.165, 1.54) is 11.3 Å². The molecule has 2 aromatic heterocycles. The third-order valence-electron chi connectivity index (χ3n) is 5.81. The van der Waals surface area contributed by atoms with Gasteiger partial charge in [-0.05, 0) is 58.7 Å². The molecule has 0 fully saturated rings. The third-order valence-corrected chi connectivity index (χ3v) is 7.22. The maximum Gasteiger partial charge on any atom is 0.338 e. The molecule has 0 spiro atoms. The van der Waals surface area contributed by atoms with Crippen LogP contribution in [0.5, 0.6) is 5.75 Å². The molecule has 0 amide bonds. The molecule has 178 valence electrons. The minimum Gasteiger partial charge on any atom is -0.496 e. The van der Waals surface area contributed by atoms with Crippen LogP contribution >= 0.6 is 27.3 Å². The smallest absolute Gasteiger partial charge is 0.338 e. The Hall–Kier alpha value is -3.43. The van der Waals surface area contributed by atoms with Gasteiger partial charge in [0.1, 0.15) is 17.6 Å². The number of benzene rings is 2. The number of furan rings is 1. The highest BCUT2D eigenvalue weighted by Gasteiger charge is 2.36. The lowest BCUT2D eigenvalue weighted by Crippen LogP contribution is -2.40. The van der Waals surface area contributed by atoms with Gasteiger partial charge in [-0.3, -0.25) is 9.36 Å². The largest absolute Gasteiger partial charge is 0.496 e. The molecule has 4 aromatic rings.